The van der Waals surface area contributed by atoms with E-state index in [1.54, 1.807) is 75.3 Å². The van der Waals surface area contributed by atoms with E-state index >= 15 is 0 Å². The molecule has 0 aromatic carbocycles. The molecule has 0 saturated heterocycles. The van der Waals surface area contributed by atoms with Gasteiger partial charge in [0.05, 0.1) is 39.3 Å². The van der Waals surface area contributed by atoms with Gasteiger partial charge in [-0.25, -0.2) is 30.0 Å². The van der Waals surface area contributed by atoms with Crippen LogP contribution in [0.4, 0.5) is 18.6 Å². The number of hydrogen-bond acceptors (Lipinski definition) is 12. The van der Waals surface area contributed by atoms with E-state index in [1.165, 1.54) is 0 Å². The third-order valence-electron chi connectivity index (χ3n) is 2.64. The minimum atomic E-state index is -11.2. The van der Waals surface area contributed by atoms with Gasteiger partial charge in [0.2, 0.25) is 0 Å². The van der Waals surface area contributed by atoms with Crippen LogP contribution < -0.4 is 0 Å². The monoisotopic (exact) mass is 628 g/mol. The van der Waals surface area contributed by atoms with Gasteiger partial charge >= 0.3 is 52.3 Å². The molecule has 6 heterocycles. The molecule has 212 valence electrons. The van der Waals surface area contributed by atoms with E-state index in [1.807, 2.05) is 0 Å². The Morgan fingerprint density at radius 2 is 0.474 bits per heavy atom. The van der Waals surface area contributed by atoms with Crippen molar-refractivity contribution in [2.24, 2.45) is 59.9 Å². The summed E-state index contributed by atoms with van der Waals surface area (Å²) < 4.78 is 59.5. The van der Waals surface area contributed by atoms with Gasteiger partial charge in [-0.3, -0.25) is 30.0 Å². The first kappa shape index (κ1) is 37.0. The summed E-state index contributed by atoms with van der Waals surface area (Å²) in [7, 11) is 0. The zero-order chi connectivity index (χ0) is 27.6. The molecule has 0 aromatic heterocycles. The van der Waals surface area contributed by atoms with Gasteiger partial charge in [-0.2, -0.15) is 0 Å². The van der Waals surface area contributed by atoms with Crippen molar-refractivity contribution in [2.45, 2.75) is 0 Å². The summed E-state index contributed by atoms with van der Waals surface area (Å²) in [4.78, 5) is 44.4. The molecule has 38 heavy (non-hydrogen) atoms. The third-order valence-corrected chi connectivity index (χ3v) is 2.64. The number of rotatable bonds is 0. The molecule has 6 aliphatic heterocycles. The minimum Gasteiger partial charge on any atom is 2.00 e. The first-order valence-electron chi connectivity index (χ1n) is 10.1. The Balaban J connectivity index is 0. The maximum absolute atomic E-state index is 11.2. The van der Waals surface area contributed by atoms with Crippen molar-refractivity contribution in [3.05, 3.63) is 0 Å². The van der Waals surface area contributed by atoms with E-state index in [-0.39, 0.29) is 16.5 Å². The quantitative estimate of drug-likeness (QED) is 0.286. The Bertz CT molecular complexity index is 756. The molecule has 0 bridgehead atoms. The van der Waals surface area contributed by atoms with Gasteiger partial charge in [-0.1, -0.05) is 0 Å². The first-order valence-corrected chi connectivity index (χ1v) is 13.7. The average Bonchev–Trinajstić information content (AvgIpc) is 3.73. The van der Waals surface area contributed by atoms with Crippen molar-refractivity contribution >= 4 is 75.3 Å². The van der Waals surface area contributed by atoms with Crippen LogP contribution >= 0.6 is 0 Å². The van der Waals surface area contributed by atoms with Crippen molar-refractivity contribution in [3.63, 3.8) is 0 Å². The van der Waals surface area contributed by atoms with Gasteiger partial charge in [-0.15, -0.1) is 0 Å². The van der Waals surface area contributed by atoms with Crippen LogP contribution in [0.2, 0.25) is 0 Å². The fraction of sp³-hybridized carbons (Fsp3) is 0.333. The molecule has 0 atom stereocenters. The van der Waals surface area contributed by atoms with Crippen molar-refractivity contribution < 1.29 is 52.3 Å². The summed E-state index contributed by atoms with van der Waals surface area (Å²) in [6.07, 6.45) is 19.9. The Morgan fingerprint density at radius 3 is 0.500 bits per heavy atom. The molecule has 0 amide bonds. The van der Waals surface area contributed by atoms with Gasteiger partial charge in [0.15, 0.2) is 0 Å². The van der Waals surface area contributed by atoms with Gasteiger partial charge in [-0.05, 0) is 0 Å². The van der Waals surface area contributed by atoms with Crippen LogP contribution in [-0.4, -0.2) is 115 Å². The summed E-state index contributed by atoms with van der Waals surface area (Å²) in [6.45, 7) is 4.67. The zero-order valence-corrected chi connectivity index (χ0v) is 22.2. The van der Waals surface area contributed by atoms with Crippen LogP contribution in [0.25, 0.3) is 0 Å². The second kappa shape index (κ2) is 20.8. The molecule has 0 unspecified atom stereocenters. The molecule has 12 nitrogen and oxygen atoms in total. The van der Waals surface area contributed by atoms with Crippen molar-refractivity contribution in [2.75, 3.05) is 39.3 Å². The number of halogens is 6. The minimum absolute atomic E-state index is 0. The standard InChI is InChI=1S/6C3H4N2.6FH.Ni.Ti/c6*1-2-5-3-4-1;;;;;;;;/h6*1,3H,2H2;6*1H;;/q;;;;;;;;;;;;+2;+4/p-6. The number of hydrogen-bond donors (Lipinski definition) is 0. The van der Waals surface area contributed by atoms with Crippen LogP contribution in [0.15, 0.2) is 59.9 Å². The van der Waals surface area contributed by atoms with Crippen LogP contribution in [0.1, 0.15) is 0 Å². The van der Waals surface area contributed by atoms with Crippen LogP contribution in [-0.2, 0) is 33.7 Å². The van der Waals surface area contributed by atoms with E-state index in [0.717, 1.165) is 39.3 Å². The summed E-state index contributed by atoms with van der Waals surface area (Å²) in [5.41, 5.74) is 0. The molecule has 0 N–H and O–H groups in total. The van der Waals surface area contributed by atoms with Crippen LogP contribution in [0.3, 0.4) is 0 Å². The molecule has 6 rings (SSSR count). The van der Waals surface area contributed by atoms with E-state index < -0.39 is 17.2 Å². The first-order chi connectivity index (χ1) is 17.4. The van der Waals surface area contributed by atoms with Crippen molar-refractivity contribution in [1.29, 1.82) is 0 Å². The van der Waals surface area contributed by atoms with Gasteiger partial charge in [0, 0.05) is 37.3 Å². The van der Waals surface area contributed by atoms with Gasteiger partial charge < -0.3 is 0 Å². The summed E-state index contributed by atoms with van der Waals surface area (Å²) in [6, 6.07) is 0. The Labute approximate surface area is 226 Å². The maximum Gasteiger partial charge on any atom is 2.00 e. The Morgan fingerprint density at radius 1 is 0.342 bits per heavy atom. The SMILES string of the molecule is C1=NC=NC1.C1=NC=NC1.C1=NC=NC1.C1=NC=NC1.C1=NC=NC1.C1=NC=NC1.[F][Ti-2]([F])([F])([F])([F])[F].[Ni+2]. The summed E-state index contributed by atoms with van der Waals surface area (Å²) in [5, 5.41) is 0. The predicted octanol–water partition coefficient (Wildman–Crippen LogP) is 3.11. The smallest absolute Gasteiger partial charge is 2.00 e. The normalized spacial score (nSPS) is 18.2. The molecule has 0 saturated carbocycles. The van der Waals surface area contributed by atoms with E-state index in [2.05, 4.69) is 59.9 Å². The molecule has 0 aromatic rings. The van der Waals surface area contributed by atoms with Crippen molar-refractivity contribution in [1.82, 2.24) is 0 Å². The summed E-state index contributed by atoms with van der Waals surface area (Å²) in [5.74, 6) is 0. The molecule has 0 fully saturated rings. The van der Waals surface area contributed by atoms with Crippen LogP contribution in [0, 0.1) is 0 Å². The molecule has 0 aliphatic carbocycles. The maximum atomic E-state index is 9.92. The molecule has 0 spiro atoms. The fourth-order valence-corrected chi connectivity index (χ4v) is 1.41. The molecular weight excluding hydrogens is 605 g/mol. The molecule has 20 heteroatoms. The summed E-state index contributed by atoms with van der Waals surface area (Å²) >= 11 is -11.2. The molecule has 6 aliphatic rings. The largest absolute Gasteiger partial charge is 2.00 e. The topological polar surface area (TPSA) is 148 Å². The van der Waals surface area contributed by atoms with E-state index in [4.69, 9.17) is 0 Å². The third kappa shape index (κ3) is 46.2. The average molecular weight is 629 g/mol. The second-order valence-corrected chi connectivity index (χ2v) is 9.29. The molecular formula is C18H24F6N12NiTi. The number of nitrogens with zero attached hydrogens (tertiary/aromatic N) is 12. The fourth-order valence-electron chi connectivity index (χ4n) is 1.41. The zero-order valence-electron chi connectivity index (χ0n) is 19.6. The Kier molecular flexibility index (Phi) is 20.3. The van der Waals surface area contributed by atoms with Crippen molar-refractivity contribution in [3.8, 4) is 0 Å². The molecule has 0 radical (unpaired) electrons. The van der Waals surface area contributed by atoms with E-state index in [0.29, 0.717) is 0 Å². The van der Waals surface area contributed by atoms with Crippen LogP contribution in [0.5, 0.6) is 0 Å². The Hall–Kier alpha value is -3.17. The van der Waals surface area contributed by atoms with Gasteiger partial charge in [0.1, 0.15) is 38.0 Å². The predicted molar refractivity (Wildman–Crippen MR) is 138 cm³/mol. The second-order valence-electron chi connectivity index (χ2n) is 5.95. The number of aliphatic imine (C=N–C) groups is 12. The van der Waals surface area contributed by atoms with E-state index in [9.17, 15) is 18.6 Å². The van der Waals surface area contributed by atoms with Gasteiger partial charge in [0.25, 0.3) is 0 Å².